The van der Waals surface area contributed by atoms with Crippen molar-refractivity contribution in [1.29, 1.82) is 5.26 Å². The number of aromatic nitrogens is 1. The van der Waals surface area contributed by atoms with Crippen LogP contribution in [0.3, 0.4) is 0 Å². The smallest absolute Gasteiger partial charge is 0.130 e. The Balaban J connectivity index is 1.59. The van der Waals surface area contributed by atoms with Gasteiger partial charge in [-0.25, -0.2) is 4.98 Å². The molecule has 0 bridgehead atoms. The highest BCUT2D eigenvalue weighted by Gasteiger charge is 2.13. The van der Waals surface area contributed by atoms with Gasteiger partial charge in [-0.1, -0.05) is 13.3 Å². The summed E-state index contributed by atoms with van der Waals surface area (Å²) in [5.74, 6) is 1.64. The molecule has 1 fully saturated rings. The molecule has 2 aromatic carbocycles. The van der Waals surface area contributed by atoms with E-state index in [1.807, 2.05) is 42.5 Å². The van der Waals surface area contributed by atoms with Crippen LogP contribution in [-0.4, -0.2) is 42.7 Å². The Labute approximate surface area is 184 Å². The topological polar surface area (TPSA) is 58.4 Å². The van der Waals surface area contributed by atoms with Crippen molar-refractivity contribution in [2.45, 2.75) is 32.6 Å². The van der Waals surface area contributed by atoms with Crippen LogP contribution in [0.2, 0.25) is 0 Å². The lowest BCUT2D eigenvalue weighted by molar-refractivity contribution is 0.184. The van der Waals surface area contributed by atoms with E-state index in [0.29, 0.717) is 18.8 Å². The number of nitriles is 1. The average Bonchev–Trinajstić information content (AvgIpc) is 2.83. The molecule has 0 saturated carbocycles. The quantitative estimate of drug-likeness (QED) is 0.491. The summed E-state index contributed by atoms with van der Waals surface area (Å²) < 4.78 is 11.9. The largest absolute Gasteiger partial charge is 0.494 e. The number of rotatable bonds is 8. The molecule has 1 aliphatic heterocycles. The van der Waals surface area contributed by atoms with Gasteiger partial charge in [0.2, 0.25) is 0 Å². The lowest BCUT2D eigenvalue weighted by atomic mass is 10.1. The Hall–Kier alpha value is -3.10. The highest BCUT2D eigenvalue weighted by atomic mass is 16.5. The standard InChI is InChI=1S/C26H29N3O2/c1-2-15-30-22-9-7-21(8-10-22)25-18-26(31-16-14-29-12-4-3-5-13-29)23-17-20(19-27)6-11-24(23)28-25/h6-11,17-18H,2-5,12-16H2,1H3. The van der Waals surface area contributed by atoms with Gasteiger partial charge in [-0.3, -0.25) is 4.90 Å². The number of pyridine rings is 1. The van der Waals surface area contributed by atoms with Gasteiger partial charge in [0.25, 0.3) is 0 Å². The molecule has 160 valence electrons. The second-order valence-corrected chi connectivity index (χ2v) is 7.97. The van der Waals surface area contributed by atoms with Gasteiger partial charge in [0, 0.05) is 23.6 Å². The van der Waals surface area contributed by atoms with Crippen molar-refractivity contribution < 1.29 is 9.47 Å². The van der Waals surface area contributed by atoms with Crippen LogP contribution in [-0.2, 0) is 0 Å². The van der Waals surface area contributed by atoms with Crippen LogP contribution in [0.25, 0.3) is 22.2 Å². The summed E-state index contributed by atoms with van der Waals surface area (Å²) in [4.78, 5) is 7.29. The van der Waals surface area contributed by atoms with E-state index < -0.39 is 0 Å². The Morgan fingerprint density at radius 1 is 0.968 bits per heavy atom. The number of ether oxygens (including phenoxy) is 2. The molecule has 3 aromatic rings. The van der Waals surface area contributed by atoms with Crippen LogP contribution in [0.5, 0.6) is 11.5 Å². The number of hydrogen-bond donors (Lipinski definition) is 0. The molecule has 31 heavy (non-hydrogen) atoms. The molecule has 0 radical (unpaired) electrons. The summed E-state index contributed by atoms with van der Waals surface area (Å²) >= 11 is 0. The number of nitrogens with zero attached hydrogens (tertiary/aromatic N) is 3. The molecule has 0 N–H and O–H groups in total. The Morgan fingerprint density at radius 3 is 2.52 bits per heavy atom. The fourth-order valence-electron chi connectivity index (χ4n) is 3.94. The molecule has 5 heteroatoms. The number of hydrogen-bond acceptors (Lipinski definition) is 5. The highest BCUT2D eigenvalue weighted by Crippen LogP contribution is 2.31. The van der Waals surface area contributed by atoms with Gasteiger partial charge >= 0.3 is 0 Å². The molecular weight excluding hydrogens is 386 g/mol. The fourth-order valence-corrected chi connectivity index (χ4v) is 3.94. The lowest BCUT2D eigenvalue weighted by Gasteiger charge is -2.26. The Morgan fingerprint density at radius 2 is 1.77 bits per heavy atom. The van der Waals surface area contributed by atoms with Crippen molar-refractivity contribution in [3.05, 3.63) is 54.1 Å². The van der Waals surface area contributed by atoms with Crippen molar-refractivity contribution >= 4 is 10.9 Å². The molecule has 1 aliphatic rings. The molecule has 4 rings (SSSR count). The van der Waals surface area contributed by atoms with Gasteiger partial charge in [-0.05, 0) is 74.8 Å². The van der Waals surface area contributed by atoms with Gasteiger partial charge < -0.3 is 9.47 Å². The van der Waals surface area contributed by atoms with Gasteiger partial charge in [0.05, 0.1) is 29.5 Å². The second kappa shape index (κ2) is 10.3. The summed E-state index contributed by atoms with van der Waals surface area (Å²) in [6, 6.07) is 17.8. The van der Waals surface area contributed by atoms with Crippen LogP contribution >= 0.6 is 0 Å². The third-order valence-corrected chi connectivity index (χ3v) is 5.64. The summed E-state index contributed by atoms with van der Waals surface area (Å²) in [6.45, 7) is 6.65. The number of fused-ring (bicyclic) bond motifs is 1. The first-order valence-electron chi connectivity index (χ1n) is 11.2. The molecule has 1 aromatic heterocycles. The molecule has 1 saturated heterocycles. The zero-order valence-corrected chi connectivity index (χ0v) is 18.1. The van der Waals surface area contributed by atoms with E-state index in [1.54, 1.807) is 6.07 Å². The third kappa shape index (κ3) is 5.34. The minimum Gasteiger partial charge on any atom is -0.494 e. The van der Waals surface area contributed by atoms with Crippen LogP contribution in [0.4, 0.5) is 0 Å². The van der Waals surface area contributed by atoms with E-state index >= 15 is 0 Å². The minimum atomic E-state index is 0.611. The van der Waals surface area contributed by atoms with E-state index in [0.717, 1.165) is 59.7 Å². The van der Waals surface area contributed by atoms with Crippen molar-refractivity contribution in [2.75, 3.05) is 32.8 Å². The molecule has 0 spiro atoms. The van der Waals surface area contributed by atoms with Gasteiger partial charge in [-0.15, -0.1) is 0 Å². The second-order valence-electron chi connectivity index (χ2n) is 7.97. The molecule has 5 nitrogen and oxygen atoms in total. The van der Waals surface area contributed by atoms with Crippen molar-refractivity contribution in [2.24, 2.45) is 0 Å². The van der Waals surface area contributed by atoms with Crippen LogP contribution < -0.4 is 9.47 Å². The van der Waals surface area contributed by atoms with E-state index in [-0.39, 0.29) is 0 Å². The van der Waals surface area contributed by atoms with Gasteiger partial charge in [0.15, 0.2) is 0 Å². The normalized spacial score (nSPS) is 14.3. The lowest BCUT2D eigenvalue weighted by Crippen LogP contribution is -2.33. The summed E-state index contributed by atoms with van der Waals surface area (Å²) in [5.41, 5.74) is 3.30. The van der Waals surface area contributed by atoms with E-state index in [9.17, 15) is 5.26 Å². The van der Waals surface area contributed by atoms with Crippen LogP contribution in [0.1, 0.15) is 38.2 Å². The zero-order chi connectivity index (χ0) is 21.5. The van der Waals surface area contributed by atoms with Crippen molar-refractivity contribution in [3.8, 4) is 28.8 Å². The first kappa shape index (κ1) is 21.1. The van der Waals surface area contributed by atoms with E-state index in [2.05, 4.69) is 17.9 Å². The predicted molar refractivity (Wildman–Crippen MR) is 123 cm³/mol. The van der Waals surface area contributed by atoms with Gasteiger partial charge in [0.1, 0.15) is 18.1 Å². The number of likely N-dealkylation sites (tertiary alicyclic amines) is 1. The Kier molecular flexibility index (Phi) is 7.01. The summed E-state index contributed by atoms with van der Waals surface area (Å²) in [7, 11) is 0. The SMILES string of the molecule is CCCOc1ccc(-c2cc(OCCN3CCCCC3)c3cc(C#N)ccc3n2)cc1. The molecule has 2 heterocycles. The first-order valence-corrected chi connectivity index (χ1v) is 11.2. The molecule has 0 amide bonds. The predicted octanol–water partition coefficient (Wildman–Crippen LogP) is 5.43. The van der Waals surface area contributed by atoms with Gasteiger partial charge in [-0.2, -0.15) is 5.26 Å². The third-order valence-electron chi connectivity index (χ3n) is 5.64. The van der Waals surface area contributed by atoms with Crippen LogP contribution in [0, 0.1) is 11.3 Å². The molecule has 0 aliphatic carbocycles. The number of benzene rings is 2. The molecule has 0 atom stereocenters. The fraction of sp³-hybridized carbons (Fsp3) is 0.385. The molecular formula is C26H29N3O2. The summed E-state index contributed by atoms with van der Waals surface area (Å²) in [5, 5.41) is 10.2. The zero-order valence-electron chi connectivity index (χ0n) is 18.1. The van der Waals surface area contributed by atoms with Crippen molar-refractivity contribution in [1.82, 2.24) is 9.88 Å². The Bertz CT molecular complexity index is 1050. The maximum Gasteiger partial charge on any atom is 0.130 e. The van der Waals surface area contributed by atoms with E-state index in [4.69, 9.17) is 14.5 Å². The monoisotopic (exact) mass is 415 g/mol. The van der Waals surface area contributed by atoms with Crippen LogP contribution in [0.15, 0.2) is 48.5 Å². The first-order chi connectivity index (χ1) is 15.3. The number of piperidine rings is 1. The van der Waals surface area contributed by atoms with E-state index in [1.165, 1.54) is 19.3 Å². The maximum absolute atomic E-state index is 9.32. The highest BCUT2D eigenvalue weighted by molar-refractivity contribution is 5.89. The summed E-state index contributed by atoms with van der Waals surface area (Å²) in [6.07, 6.45) is 4.85. The minimum absolute atomic E-state index is 0.611. The maximum atomic E-state index is 9.32. The molecule has 0 unspecified atom stereocenters. The average molecular weight is 416 g/mol. The van der Waals surface area contributed by atoms with Crippen molar-refractivity contribution in [3.63, 3.8) is 0 Å².